The topological polar surface area (TPSA) is 34.9 Å². The summed E-state index contributed by atoms with van der Waals surface area (Å²) in [5, 5.41) is 0.627. The van der Waals surface area contributed by atoms with E-state index >= 15 is 0 Å². The Morgan fingerprint density at radius 2 is 1.93 bits per heavy atom. The number of hydrogen-bond donors (Lipinski definition) is 1. The molecule has 2 aromatic rings. The molecule has 3 nitrogen and oxygen atoms in total. The quantitative estimate of drug-likeness (QED) is 0.773. The van der Waals surface area contributed by atoms with Crippen molar-refractivity contribution in [3.8, 4) is 5.69 Å². The number of nitrogens with zero attached hydrogens (tertiary/aromatic N) is 2. The smallest absolute Gasteiger partial charge is 0.268 e. The number of benzene rings is 1. The minimum absolute atomic E-state index is 0.198. The average molecular weight is 239 g/mol. The molecule has 15 heavy (non-hydrogen) atoms. The molecule has 1 aromatic heterocycles. The second-order valence-electron chi connectivity index (χ2n) is 2.93. The summed E-state index contributed by atoms with van der Waals surface area (Å²) in [7, 11) is 0. The molecule has 2 rings (SSSR count). The van der Waals surface area contributed by atoms with Crippen molar-refractivity contribution in [2.45, 2.75) is 4.90 Å². The minimum Gasteiger partial charge on any atom is -0.268 e. The molecule has 0 saturated heterocycles. The highest BCUT2D eigenvalue weighted by molar-refractivity contribution is 7.80. The Bertz CT molecular complexity index is 536. The van der Waals surface area contributed by atoms with Gasteiger partial charge in [0.1, 0.15) is 6.33 Å². The number of aromatic nitrogens is 2. The number of halogens is 1. The van der Waals surface area contributed by atoms with Crippen LogP contribution in [-0.4, -0.2) is 9.55 Å². The third-order valence-corrected chi connectivity index (χ3v) is 2.48. The van der Waals surface area contributed by atoms with Crippen LogP contribution in [0.25, 0.3) is 5.69 Å². The molecule has 76 valence electrons. The Labute approximate surface area is 96.8 Å². The van der Waals surface area contributed by atoms with E-state index in [1.54, 1.807) is 24.3 Å². The van der Waals surface area contributed by atoms with Crippen LogP contribution in [0.5, 0.6) is 0 Å². The van der Waals surface area contributed by atoms with E-state index < -0.39 is 0 Å². The lowest BCUT2D eigenvalue weighted by Gasteiger charge is -2.04. The van der Waals surface area contributed by atoms with Gasteiger partial charge >= 0.3 is 0 Å². The van der Waals surface area contributed by atoms with Crippen molar-refractivity contribution in [3.63, 3.8) is 0 Å². The van der Waals surface area contributed by atoms with Crippen LogP contribution >= 0.6 is 24.2 Å². The first-order valence-electron chi connectivity index (χ1n) is 4.20. The Balaban J connectivity index is 2.59. The second kappa shape index (κ2) is 4.08. The molecule has 0 spiro atoms. The maximum atomic E-state index is 11.7. The van der Waals surface area contributed by atoms with Crippen molar-refractivity contribution in [3.05, 3.63) is 52.2 Å². The first kappa shape index (κ1) is 10.3. The maximum Gasteiger partial charge on any atom is 0.271 e. The van der Waals surface area contributed by atoms with Gasteiger partial charge in [0, 0.05) is 11.2 Å². The molecule has 1 aromatic carbocycles. The largest absolute Gasteiger partial charge is 0.271 e. The molecule has 0 bridgehead atoms. The molecule has 0 aliphatic carbocycles. The third kappa shape index (κ3) is 2.06. The highest BCUT2D eigenvalue weighted by Crippen LogP contribution is 2.11. The van der Waals surface area contributed by atoms with E-state index in [2.05, 4.69) is 17.6 Å². The van der Waals surface area contributed by atoms with E-state index in [4.69, 9.17) is 11.6 Å². The molecule has 0 saturated carbocycles. The Hall–Kier alpha value is -1.26. The fourth-order valence-corrected chi connectivity index (χ4v) is 1.49. The fourth-order valence-electron chi connectivity index (χ4n) is 1.19. The van der Waals surface area contributed by atoms with Crippen molar-refractivity contribution in [1.29, 1.82) is 0 Å². The van der Waals surface area contributed by atoms with Gasteiger partial charge in [-0.1, -0.05) is 11.6 Å². The normalized spacial score (nSPS) is 10.3. The van der Waals surface area contributed by atoms with Crippen molar-refractivity contribution < 1.29 is 0 Å². The summed E-state index contributed by atoms with van der Waals surface area (Å²) in [6.45, 7) is 0. The standard InChI is InChI=1S/C10H7ClN2OS/c11-7-1-3-8(4-2-7)13-6-12-5-9(15)10(13)14/h1-6,15H. The SMILES string of the molecule is O=c1c(S)cncn1-c1ccc(Cl)cc1. The zero-order valence-corrected chi connectivity index (χ0v) is 9.24. The number of thiol groups is 1. The first-order chi connectivity index (χ1) is 7.18. The van der Waals surface area contributed by atoms with E-state index in [1.807, 2.05) is 0 Å². The first-order valence-corrected chi connectivity index (χ1v) is 5.02. The molecule has 0 atom stereocenters. The van der Waals surface area contributed by atoms with Crippen LogP contribution in [0.15, 0.2) is 46.5 Å². The highest BCUT2D eigenvalue weighted by Gasteiger charge is 2.02. The Morgan fingerprint density at radius 3 is 2.60 bits per heavy atom. The molecule has 0 N–H and O–H groups in total. The van der Waals surface area contributed by atoms with E-state index in [0.717, 1.165) is 0 Å². The van der Waals surface area contributed by atoms with Crippen LogP contribution in [0, 0.1) is 0 Å². The van der Waals surface area contributed by atoms with Crippen LogP contribution in [0.4, 0.5) is 0 Å². The third-order valence-electron chi connectivity index (χ3n) is 1.92. The molecular formula is C10H7ClN2OS. The van der Waals surface area contributed by atoms with Gasteiger partial charge in [-0.2, -0.15) is 0 Å². The van der Waals surface area contributed by atoms with Gasteiger partial charge in [-0.25, -0.2) is 4.98 Å². The predicted octanol–water partition coefficient (Wildman–Crippen LogP) is 2.17. The van der Waals surface area contributed by atoms with E-state index in [-0.39, 0.29) is 5.56 Å². The highest BCUT2D eigenvalue weighted by atomic mass is 35.5. The van der Waals surface area contributed by atoms with Crippen molar-refractivity contribution in [2.24, 2.45) is 0 Å². The van der Waals surface area contributed by atoms with Crippen molar-refractivity contribution in [1.82, 2.24) is 9.55 Å². The summed E-state index contributed by atoms with van der Waals surface area (Å²) in [6, 6.07) is 6.93. The summed E-state index contributed by atoms with van der Waals surface area (Å²) in [5.74, 6) is 0. The van der Waals surface area contributed by atoms with Crippen LogP contribution in [0.2, 0.25) is 5.02 Å². The summed E-state index contributed by atoms with van der Waals surface area (Å²) in [6.07, 6.45) is 2.86. The molecule has 0 fully saturated rings. The molecule has 5 heteroatoms. The van der Waals surface area contributed by atoms with Crippen molar-refractivity contribution in [2.75, 3.05) is 0 Å². The summed E-state index contributed by atoms with van der Waals surface area (Å²) >= 11 is 9.77. The predicted molar refractivity (Wildman–Crippen MR) is 62.1 cm³/mol. The molecule has 0 aliphatic heterocycles. The number of hydrogen-bond acceptors (Lipinski definition) is 3. The van der Waals surface area contributed by atoms with Crippen LogP contribution in [-0.2, 0) is 0 Å². The second-order valence-corrected chi connectivity index (χ2v) is 3.85. The van der Waals surface area contributed by atoms with Gasteiger partial charge in [0.15, 0.2) is 0 Å². The van der Waals surface area contributed by atoms with Gasteiger partial charge in [-0.3, -0.25) is 9.36 Å². The van der Waals surface area contributed by atoms with Gasteiger partial charge in [-0.15, -0.1) is 12.6 Å². The lowest BCUT2D eigenvalue weighted by molar-refractivity contribution is 0.893. The van der Waals surface area contributed by atoms with Crippen LogP contribution < -0.4 is 5.56 Å². The zero-order chi connectivity index (χ0) is 10.8. The number of rotatable bonds is 1. The lowest BCUT2D eigenvalue weighted by atomic mass is 10.3. The molecule has 0 radical (unpaired) electrons. The monoisotopic (exact) mass is 238 g/mol. The zero-order valence-electron chi connectivity index (χ0n) is 7.59. The summed E-state index contributed by atoms with van der Waals surface area (Å²) in [5.41, 5.74) is 0.517. The van der Waals surface area contributed by atoms with Gasteiger partial charge in [0.25, 0.3) is 5.56 Å². The average Bonchev–Trinajstić information content (AvgIpc) is 2.24. The Morgan fingerprint density at radius 1 is 1.27 bits per heavy atom. The molecule has 1 heterocycles. The summed E-state index contributed by atoms with van der Waals surface area (Å²) in [4.78, 5) is 15.9. The van der Waals surface area contributed by atoms with Gasteiger partial charge in [-0.05, 0) is 24.3 Å². The van der Waals surface area contributed by atoms with Gasteiger partial charge in [0.2, 0.25) is 0 Å². The molecule has 0 amide bonds. The minimum atomic E-state index is -0.198. The lowest BCUT2D eigenvalue weighted by Crippen LogP contribution is -2.18. The maximum absolute atomic E-state index is 11.7. The Kier molecular flexibility index (Phi) is 2.79. The van der Waals surface area contributed by atoms with Gasteiger partial charge < -0.3 is 0 Å². The van der Waals surface area contributed by atoms with E-state index in [0.29, 0.717) is 15.6 Å². The fraction of sp³-hybridized carbons (Fsp3) is 0. The molecular weight excluding hydrogens is 232 g/mol. The van der Waals surface area contributed by atoms with Crippen LogP contribution in [0.1, 0.15) is 0 Å². The molecule has 0 unspecified atom stereocenters. The van der Waals surface area contributed by atoms with Crippen molar-refractivity contribution >= 4 is 24.2 Å². The summed E-state index contributed by atoms with van der Waals surface area (Å²) < 4.78 is 1.42. The van der Waals surface area contributed by atoms with E-state index in [1.165, 1.54) is 17.1 Å². The molecule has 0 aliphatic rings. The van der Waals surface area contributed by atoms with Crippen LogP contribution in [0.3, 0.4) is 0 Å². The van der Waals surface area contributed by atoms with E-state index in [9.17, 15) is 4.79 Å². The van der Waals surface area contributed by atoms with Gasteiger partial charge in [0.05, 0.1) is 10.6 Å².